The van der Waals surface area contributed by atoms with Gasteiger partial charge in [0.15, 0.2) is 0 Å². The topological polar surface area (TPSA) is 78.2 Å². The molecule has 2 heterocycles. The molecule has 1 unspecified atom stereocenters. The van der Waals surface area contributed by atoms with E-state index in [2.05, 4.69) is 33.9 Å². The number of aromatic nitrogens is 2. The number of likely N-dealkylation sites (N-methyl/N-ethyl adjacent to an activating group) is 1. The minimum atomic E-state index is -0.127. The summed E-state index contributed by atoms with van der Waals surface area (Å²) in [5, 5.41) is 0.544. The number of hydrogen-bond acceptors (Lipinski definition) is 5. The van der Waals surface area contributed by atoms with E-state index in [0.717, 1.165) is 25.9 Å². The molecular weight excluding hydrogens is 266 g/mol. The van der Waals surface area contributed by atoms with Gasteiger partial charge in [-0.25, -0.2) is 4.98 Å². The lowest BCUT2D eigenvalue weighted by Crippen LogP contribution is -2.39. The fraction of sp³-hybridized carbons (Fsp3) is 0.467. The maximum Gasteiger partial charge on any atom is 0.260 e. The van der Waals surface area contributed by atoms with Gasteiger partial charge in [-0.3, -0.25) is 9.78 Å². The molecule has 6 nitrogen and oxygen atoms in total. The number of nitrogens with two attached hydrogens (primary N) is 1. The molecule has 21 heavy (non-hydrogen) atoms. The lowest BCUT2D eigenvalue weighted by Gasteiger charge is -2.27. The van der Waals surface area contributed by atoms with Crippen LogP contribution in [0.1, 0.15) is 12.8 Å². The molecule has 2 aromatic rings. The van der Waals surface area contributed by atoms with Crippen LogP contribution in [-0.4, -0.2) is 48.1 Å². The summed E-state index contributed by atoms with van der Waals surface area (Å²) < 4.78 is 0. The number of nitrogens with zero attached hydrogens (tertiary/aromatic N) is 3. The largest absolute Gasteiger partial charge is 0.399 e. The SMILES string of the molecule is CN(C)CC1CCCN1c1nc2ccc(N)cc2c(=O)[nH]1. The summed E-state index contributed by atoms with van der Waals surface area (Å²) in [5.41, 5.74) is 6.88. The van der Waals surface area contributed by atoms with E-state index in [4.69, 9.17) is 5.73 Å². The van der Waals surface area contributed by atoms with E-state index in [-0.39, 0.29) is 5.56 Å². The van der Waals surface area contributed by atoms with Gasteiger partial charge in [0.05, 0.1) is 10.9 Å². The minimum absolute atomic E-state index is 0.127. The number of benzene rings is 1. The average Bonchev–Trinajstić information content (AvgIpc) is 2.86. The molecule has 0 bridgehead atoms. The first-order valence-corrected chi connectivity index (χ1v) is 7.25. The number of nitrogen functional groups attached to an aromatic ring is 1. The summed E-state index contributed by atoms with van der Waals surface area (Å²) in [4.78, 5) is 24.1. The van der Waals surface area contributed by atoms with Crippen molar-refractivity contribution in [1.29, 1.82) is 0 Å². The second-order valence-corrected chi connectivity index (χ2v) is 5.92. The van der Waals surface area contributed by atoms with E-state index in [1.54, 1.807) is 18.2 Å². The van der Waals surface area contributed by atoms with Crippen molar-refractivity contribution in [2.75, 3.05) is 37.8 Å². The van der Waals surface area contributed by atoms with Gasteiger partial charge in [0.25, 0.3) is 5.56 Å². The van der Waals surface area contributed by atoms with Gasteiger partial charge in [-0.15, -0.1) is 0 Å². The van der Waals surface area contributed by atoms with Crippen LogP contribution in [0.5, 0.6) is 0 Å². The lowest BCUT2D eigenvalue weighted by molar-refractivity contribution is 0.371. The summed E-state index contributed by atoms with van der Waals surface area (Å²) in [7, 11) is 4.13. The number of aromatic amines is 1. The van der Waals surface area contributed by atoms with Crippen LogP contribution in [0.3, 0.4) is 0 Å². The maximum absolute atomic E-state index is 12.2. The second-order valence-electron chi connectivity index (χ2n) is 5.92. The molecule has 1 fully saturated rings. The summed E-state index contributed by atoms with van der Waals surface area (Å²) in [6, 6.07) is 5.65. The third-order valence-electron chi connectivity index (χ3n) is 3.94. The number of H-pyrrole nitrogens is 1. The van der Waals surface area contributed by atoms with Gasteiger partial charge in [0.2, 0.25) is 5.95 Å². The van der Waals surface area contributed by atoms with Gasteiger partial charge < -0.3 is 15.5 Å². The van der Waals surface area contributed by atoms with Crippen LogP contribution in [-0.2, 0) is 0 Å². The molecular formula is C15H21N5O. The molecule has 0 amide bonds. The number of fused-ring (bicyclic) bond motifs is 1. The quantitative estimate of drug-likeness (QED) is 0.825. The van der Waals surface area contributed by atoms with Crippen molar-refractivity contribution in [1.82, 2.24) is 14.9 Å². The molecule has 1 aromatic carbocycles. The number of rotatable bonds is 3. The van der Waals surface area contributed by atoms with Crippen LogP contribution in [0.25, 0.3) is 10.9 Å². The number of hydrogen-bond donors (Lipinski definition) is 2. The zero-order valence-electron chi connectivity index (χ0n) is 12.5. The normalized spacial score (nSPS) is 18.8. The Labute approximate surface area is 123 Å². The summed E-state index contributed by atoms with van der Waals surface area (Å²) in [6.45, 7) is 1.89. The van der Waals surface area contributed by atoms with Gasteiger partial charge in [-0.1, -0.05) is 0 Å². The first kappa shape index (κ1) is 13.9. The Hall–Kier alpha value is -2.08. The average molecular weight is 287 g/mol. The monoisotopic (exact) mass is 287 g/mol. The molecule has 3 rings (SSSR count). The molecule has 1 atom stereocenters. The summed E-state index contributed by atoms with van der Waals surface area (Å²) in [5.74, 6) is 0.668. The molecule has 0 aliphatic carbocycles. The maximum atomic E-state index is 12.2. The number of anilines is 2. The summed E-state index contributed by atoms with van der Waals surface area (Å²) >= 11 is 0. The number of nitrogens with one attached hydrogen (secondary N) is 1. The Morgan fingerprint density at radius 2 is 2.29 bits per heavy atom. The smallest absolute Gasteiger partial charge is 0.260 e. The van der Waals surface area contributed by atoms with E-state index < -0.39 is 0 Å². The predicted octanol–water partition coefficient (Wildman–Crippen LogP) is 1.04. The lowest BCUT2D eigenvalue weighted by atomic mass is 10.2. The van der Waals surface area contributed by atoms with Crippen LogP contribution < -0.4 is 16.2 Å². The highest BCUT2D eigenvalue weighted by Crippen LogP contribution is 2.23. The van der Waals surface area contributed by atoms with Crippen LogP contribution in [0.4, 0.5) is 11.6 Å². The second kappa shape index (κ2) is 5.37. The molecule has 6 heteroatoms. The molecule has 1 aliphatic rings. The molecule has 112 valence electrons. The van der Waals surface area contributed by atoms with Crippen molar-refractivity contribution in [3.8, 4) is 0 Å². The third-order valence-corrected chi connectivity index (χ3v) is 3.94. The standard InChI is InChI=1S/C15H21N5O/c1-19(2)9-11-4-3-7-20(11)15-17-13-6-5-10(16)8-12(13)14(21)18-15/h5-6,8,11H,3-4,7,9,16H2,1-2H3,(H,17,18,21). The molecule has 3 N–H and O–H groups in total. The Morgan fingerprint density at radius 3 is 3.05 bits per heavy atom. The molecule has 0 spiro atoms. The zero-order chi connectivity index (χ0) is 15.0. The van der Waals surface area contributed by atoms with Gasteiger partial charge in [-0.05, 0) is 45.1 Å². The Kier molecular flexibility index (Phi) is 3.55. The molecule has 1 saturated heterocycles. The Balaban J connectivity index is 2.00. The summed E-state index contributed by atoms with van der Waals surface area (Å²) in [6.07, 6.45) is 2.25. The fourth-order valence-electron chi connectivity index (χ4n) is 3.01. The van der Waals surface area contributed by atoms with Crippen molar-refractivity contribution >= 4 is 22.5 Å². The van der Waals surface area contributed by atoms with Crippen LogP contribution >= 0.6 is 0 Å². The Bertz CT molecular complexity index is 709. The first-order chi connectivity index (χ1) is 10.0. The van der Waals surface area contributed by atoms with Crippen LogP contribution in [0.2, 0.25) is 0 Å². The van der Waals surface area contributed by atoms with Gasteiger partial charge in [0.1, 0.15) is 0 Å². The van der Waals surface area contributed by atoms with Gasteiger partial charge >= 0.3 is 0 Å². The fourth-order valence-corrected chi connectivity index (χ4v) is 3.01. The van der Waals surface area contributed by atoms with Crippen molar-refractivity contribution < 1.29 is 0 Å². The highest BCUT2D eigenvalue weighted by atomic mass is 16.1. The highest BCUT2D eigenvalue weighted by Gasteiger charge is 2.27. The zero-order valence-corrected chi connectivity index (χ0v) is 12.5. The predicted molar refractivity (Wildman–Crippen MR) is 85.7 cm³/mol. The van der Waals surface area contributed by atoms with Crippen molar-refractivity contribution in [2.24, 2.45) is 0 Å². The molecule has 1 aromatic heterocycles. The van der Waals surface area contributed by atoms with E-state index in [1.165, 1.54) is 0 Å². The van der Waals surface area contributed by atoms with Crippen molar-refractivity contribution in [3.05, 3.63) is 28.6 Å². The van der Waals surface area contributed by atoms with Gasteiger partial charge in [0, 0.05) is 24.8 Å². The molecule has 0 radical (unpaired) electrons. The van der Waals surface area contributed by atoms with Crippen LogP contribution in [0, 0.1) is 0 Å². The molecule has 1 aliphatic heterocycles. The van der Waals surface area contributed by atoms with Gasteiger partial charge in [-0.2, -0.15) is 0 Å². The third kappa shape index (κ3) is 2.71. The van der Waals surface area contributed by atoms with Crippen molar-refractivity contribution in [3.63, 3.8) is 0 Å². The van der Waals surface area contributed by atoms with E-state index >= 15 is 0 Å². The highest BCUT2D eigenvalue weighted by molar-refractivity contribution is 5.81. The van der Waals surface area contributed by atoms with E-state index in [1.807, 2.05) is 0 Å². The van der Waals surface area contributed by atoms with Crippen molar-refractivity contribution in [2.45, 2.75) is 18.9 Å². The Morgan fingerprint density at radius 1 is 1.48 bits per heavy atom. The van der Waals surface area contributed by atoms with Crippen LogP contribution in [0.15, 0.2) is 23.0 Å². The molecule has 0 saturated carbocycles. The van der Waals surface area contributed by atoms with E-state index in [0.29, 0.717) is 28.6 Å². The first-order valence-electron chi connectivity index (χ1n) is 7.25. The van der Waals surface area contributed by atoms with E-state index in [9.17, 15) is 4.79 Å². The minimum Gasteiger partial charge on any atom is -0.399 e.